The summed E-state index contributed by atoms with van der Waals surface area (Å²) in [6, 6.07) is 13.1. The summed E-state index contributed by atoms with van der Waals surface area (Å²) in [6.45, 7) is 6.71. The lowest BCUT2D eigenvalue weighted by atomic mass is 10.1. The van der Waals surface area contributed by atoms with Crippen molar-refractivity contribution in [2.24, 2.45) is 5.92 Å². The van der Waals surface area contributed by atoms with E-state index in [0.717, 1.165) is 17.3 Å². The van der Waals surface area contributed by atoms with Crippen molar-refractivity contribution >= 4 is 22.5 Å². The molecule has 0 aliphatic carbocycles. The minimum atomic E-state index is -4.56. The van der Waals surface area contributed by atoms with Gasteiger partial charge in [0.25, 0.3) is 0 Å². The van der Waals surface area contributed by atoms with Gasteiger partial charge in [-0.1, -0.05) is 32.0 Å². The third-order valence-corrected chi connectivity index (χ3v) is 5.04. The molecule has 0 spiro atoms. The number of pyridine rings is 2. The summed E-state index contributed by atoms with van der Waals surface area (Å²) in [5, 5.41) is 3.88. The van der Waals surface area contributed by atoms with Gasteiger partial charge in [0, 0.05) is 18.5 Å². The lowest BCUT2D eigenvalue weighted by Gasteiger charge is -2.14. The number of hydrogen-bond donors (Lipinski definition) is 1. The number of anilines is 2. The van der Waals surface area contributed by atoms with Crippen LogP contribution >= 0.6 is 0 Å². The maximum absolute atomic E-state index is 13.5. The number of benzene rings is 1. The molecule has 0 amide bonds. The number of aryl methyl sites for hydroxylation is 1. The molecule has 3 heterocycles. The molecule has 0 aliphatic heterocycles. The van der Waals surface area contributed by atoms with Gasteiger partial charge in [0.1, 0.15) is 18.1 Å². The standard InChI is InChI=1S/C25H24F3N5O/c1-15(2)13-34-14-21-32-23(30-19-9-5-4-7-16(19)3)17-10-11-20(31-24(17)33-21)22-18(25(26,27)28)8-6-12-29-22/h4-12,15H,13-14H2,1-3H3,(H,30,31,32,33). The highest BCUT2D eigenvalue weighted by molar-refractivity contribution is 5.90. The Morgan fingerprint density at radius 3 is 2.50 bits per heavy atom. The third-order valence-electron chi connectivity index (χ3n) is 5.04. The van der Waals surface area contributed by atoms with Crippen LogP contribution in [0.15, 0.2) is 54.7 Å². The molecule has 1 N–H and O–H groups in total. The molecule has 0 radical (unpaired) electrons. The van der Waals surface area contributed by atoms with Crippen molar-refractivity contribution in [3.8, 4) is 11.4 Å². The Kier molecular flexibility index (Phi) is 6.74. The summed E-state index contributed by atoms with van der Waals surface area (Å²) >= 11 is 0. The zero-order chi connectivity index (χ0) is 24.3. The van der Waals surface area contributed by atoms with Crippen molar-refractivity contribution in [1.82, 2.24) is 19.9 Å². The fraction of sp³-hybridized carbons (Fsp3) is 0.280. The summed E-state index contributed by atoms with van der Waals surface area (Å²) in [6.07, 6.45) is -3.24. The second-order valence-electron chi connectivity index (χ2n) is 8.30. The first-order valence-electron chi connectivity index (χ1n) is 10.8. The summed E-state index contributed by atoms with van der Waals surface area (Å²) < 4.78 is 46.3. The first-order chi connectivity index (χ1) is 16.2. The Bertz CT molecular complexity index is 1310. The van der Waals surface area contributed by atoms with Crippen LogP contribution in [0.2, 0.25) is 0 Å². The summed E-state index contributed by atoms with van der Waals surface area (Å²) in [4.78, 5) is 17.5. The molecule has 6 nitrogen and oxygen atoms in total. The molecular formula is C25H24F3N5O. The van der Waals surface area contributed by atoms with Crippen molar-refractivity contribution in [3.63, 3.8) is 0 Å². The Hall–Kier alpha value is -3.59. The minimum absolute atomic E-state index is 0.0787. The topological polar surface area (TPSA) is 72.8 Å². The van der Waals surface area contributed by atoms with E-state index in [9.17, 15) is 13.2 Å². The minimum Gasteiger partial charge on any atom is -0.373 e. The normalized spacial score (nSPS) is 11.9. The fourth-order valence-electron chi connectivity index (χ4n) is 3.41. The van der Waals surface area contributed by atoms with Crippen LogP contribution in [0.4, 0.5) is 24.7 Å². The third kappa shape index (κ3) is 5.31. The number of rotatable bonds is 7. The Morgan fingerprint density at radius 1 is 0.971 bits per heavy atom. The molecule has 34 heavy (non-hydrogen) atoms. The van der Waals surface area contributed by atoms with Crippen molar-refractivity contribution in [2.45, 2.75) is 33.6 Å². The molecule has 4 aromatic rings. The van der Waals surface area contributed by atoms with Gasteiger partial charge in [0.05, 0.1) is 16.6 Å². The van der Waals surface area contributed by atoms with Gasteiger partial charge in [-0.25, -0.2) is 15.0 Å². The monoisotopic (exact) mass is 467 g/mol. The summed E-state index contributed by atoms with van der Waals surface area (Å²) in [7, 11) is 0. The molecule has 176 valence electrons. The number of ether oxygens (including phenoxy) is 1. The first-order valence-corrected chi connectivity index (χ1v) is 10.8. The van der Waals surface area contributed by atoms with Gasteiger partial charge in [-0.2, -0.15) is 13.2 Å². The molecule has 0 fully saturated rings. The Morgan fingerprint density at radius 2 is 1.76 bits per heavy atom. The average molecular weight is 467 g/mol. The molecule has 0 saturated heterocycles. The van der Waals surface area contributed by atoms with Crippen LogP contribution in [0, 0.1) is 12.8 Å². The first kappa shape index (κ1) is 23.6. The number of alkyl halides is 3. The molecule has 0 atom stereocenters. The second-order valence-corrected chi connectivity index (χ2v) is 8.30. The zero-order valence-corrected chi connectivity index (χ0v) is 19.0. The highest BCUT2D eigenvalue weighted by Gasteiger charge is 2.34. The van der Waals surface area contributed by atoms with E-state index in [1.807, 2.05) is 45.0 Å². The number of para-hydroxylation sites is 1. The van der Waals surface area contributed by atoms with Gasteiger partial charge in [0.15, 0.2) is 11.5 Å². The molecule has 0 aliphatic rings. The van der Waals surface area contributed by atoms with Crippen LogP contribution in [0.1, 0.15) is 30.8 Å². The number of aromatic nitrogens is 4. The largest absolute Gasteiger partial charge is 0.418 e. The van der Waals surface area contributed by atoms with E-state index in [4.69, 9.17) is 4.74 Å². The number of nitrogens with one attached hydrogen (secondary N) is 1. The Labute approximate surface area is 195 Å². The number of nitrogens with zero attached hydrogens (tertiary/aromatic N) is 4. The number of halogens is 3. The van der Waals surface area contributed by atoms with E-state index in [0.29, 0.717) is 29.6 Å². The van der Waals surface area contributed by atoms with E-state index in [1.165, 1.54) is 18.3 Å². The van der Waals surface area contributed by atoms with Gasteiger partial charge >= 0.3 is 6.18 Å². The molecule has 4 rings (SSSR count). The molecule has 1 aromatic carbocycles. The molecule has 0 unspecified atom stereocenters. The van der Waals surface area contributed by atoms with E-state index in [-0.39, 0.29) is 23.6 Å². The lowest BCUT2D eigenvalue weighted by molar-refractivity contribution is -0.137. The number of hydrogen-bond acceptors (Lipinski definition) is 6. The van der Waals surface area contributed by atoms with Gasteiger partial charge in [0.2, 0.25) is 0 Å². The maximum atomic E-state index is 13.5. The van der Waals surface area contributed by atoms with Gasteiger partial charge in [-0.05, 0) is 48.7 Å². The fourth-order valence-corrected chi connectivity index (χ4v) is 3.41. The van der Waals surface area contributed by atoms with Crippen LogP contribution in [0.25, 0.3) is 22.4 Å². The van der Waals surface area contributed by atoms with E-state index in [2.05, 4.69) is 25.3 Å². The molecular weight excluding hydrogens is 443 g/mol. The second kappa shape index (κ2) is 9.72. The molecule has 3 aromatic heterocycles. The predicted octanol–water partition coefficient (Wildman–Crippen LogP) is 6.33. The molecule has 0 saturated carbocycles. The van der Waals surface area contributed by atoms with Crippen molar-refractivity contribution < 1.29 is 17.9 Å². The molecule has 9 heteroatoms. The highest BCUT2D eigenvalue weighted by atomic mass is 19.4. The van der Waals surface area contributed by atoms with Crippen LogP contribution in [0.5, 0.6) is 0 Å². The van der Waals surface area contributed by atoms with Crippen molar-refractivity contribution in [3.05, 3.63) is 71.7 Å². The summed E-state index contributed by atoms with van der Waals surface area (Å²) in [5.74, 6) is 1.21. The Balaban J connectivity index is 1.81. The molecule has 0 bridgehead atoms. The maximum Gasteiger partial charge on any atom is 0.418 e. The van der Waals surface area contributed by atoms with Crippen LogP contribution in [-0.2, 0) is 17.5 Å². The average Bonchev–Trinajstić information content (AvgIpc) is 2.79. The zero-order valence-electron chi connectivity index (χ0n) is 19.0. The van der Waals surface area contributed by atoms with E-state index >= 15 is 0 Å². The van der Waals surface area contributed by atoms with Gasteiger partial charge in [-0.15, -0.1) is 0 Å². The SMILES string of the molecule is Cc1ccccc1Nc1nc(COCC(C)C)nc2nc(-c3ncccc3C(F)(F)F)ccc12. The lowest BCUT2D eigenvalue weighted by Crippen LogP contribution is -2.10. The highest BCUT2D eigenvalue weighted by Crippen LogP contribution is 2.36. The van der Waals surface area contributed by atoms with E-state index in [1.54, 1.807) is 6.07 Å². The van der Waals surface area contributed by atoms with Crippen molar-refractivity contribution in [2.75, 3.05) is 11.9 Å². The quantitative estimate of drug-likeness (QED) is 0.342. The smallest absolute Gasteiger partial charge is 0.373 e. The summed E-state index contributed by atoms with van der Waals surface area (Å²) in [5.41, 5.74) is 1.10. The van der Waals surface area contributed by atoms with Crippen LogP contribution < -0.4 is 5.32 Å². The van der Waals surface area contributed by atoms with Crippen LogP contribution in [-0.4, -0.2) is 26.5 Å². The van der Waals surface area contributed by atoms with Crippen molar-refractivity contribution in [1.29, 1.82) is 0 Å². The van der Waals surface area contributed by atoms with Gasteiger partial charge in [-0.3, -0.25) is 4.98 Å². The van der Waals surface area contributed by atoms with Gasteiger partial charge < -0.3 is 10.1 Å². The van der Waals surface area contributed by atoms with E-state index < -0.39 is 11.7 Å². The van der Waals surface area contributed by atoms with Crippen LogP contribution in [0.3, 0.4) is 0 Å². The predicted molar refractivity (Wildman–Crippen MR) is 125 cm³/mol. The number of fused-ring (bicyclic) bond motifs is 1.